The van der Waals surface area contributed by atoms with Crippen molar-refractivity contribution in [2.75, 3.05) is 0 Å². The maximum absolute atomic E-state index is 10.2. The molecular weight excluding hydrogens is 122 g/mol. The van der Waals surface area contributed by atoms with Gasteiger partial charge in [-0.1, -0.05) is 5.21 Å². The van der Waals surface area contributed by atoms with Crippen molar-refractivity contribution in [3.05, 3.63) is 0 Å². The molecule has 0 aliphatic heterocycles. The van der Waals surface area contributed by atoms with Crippen LogP contribution < -0.4 is 5.48 Å². The second-order valence-corrected chi connectivity index (χ2v) is 2.60. The second-order valence-electron chi connectivity index (χ2n) is 2.60. The highest BCUT2D eigenvalue weighted by molar-refractivity contribution is 5.65. The molecule has 0 atom stereocenters. The first-order valence-electron chi connectivity index (χ1n) is 2.57. The van der Waals surface area contributed by atoms with Gasteiger partial charge in [-0.2, -0.15) is 5.48 Å². The fourth-order valence-electron chi connectivity index (χ4n) is 0.299. The van der Waals surface area contributed by atoms with Crippen LogP contribution in [0.25, 0.3) is 0 Å². The number of ether oxygens (including phenoxy) is 1. The van der Waals surface area contributed by atoms with Crippen LogP contribution in [0.15, 0.2) is 0 Å². The van der Waals surface area contributed by atoms with Crippen LogP contribution in [-0.2, 0) is 9.94 Å². The van der Waals surface area contributed by atoms with E-state index in [0.29, 0.717) is 0 Å². The van der Waals surface area contributed by atoms with Crippen molar-refractivity contribution in [2.45, 2.75) is 26.4 Å². The Labute approximate surface area is 53.8 Å². The van der Waals surface area contributed by atoms with E-state index in [9.17, 15) is 10.0 Å². The van der Waals surface area contributed by atoms with Gasteiger partial charge in [0.05, 0.1) is 0 Å². The van der Waals surface area contributed by atoms with Crippen LogP contribution in [-0.4, -0.2) is 11.7 Å². The van der Waals surface area contributed by atoms with Crippen molar-refractivity contribution in [3.63, 3.8) is 0 Å². The van der Waals surface area contributed by atoms with E-state index in [1.54, 1.807) is 20.8 Å². The van der Waals surface area contributed by atoms with Crippen molar-refractivity contribution < 1.29 is 14.7 Å². The number of carbonyl (C=O) groups is 1. The minimum atomic E-state index is -0.942. The smallest absolute Gasteiger partial charge is 0.434 e. The summed E-state index contributed by atoms with van der Waals surface area (Å²) in [6.07, 6.45) is -0.942. The van der Waals surface area contributed by atoms with Crippen LogP contribution in [0.3, 0.4) is 0 Å². The minimum Gasteiger partial charge on any atom is -0.442 e. The predicted molar refractivity (Wildman–Crippen MR) is 30.1 cm³/mol. The Hall–Kier alpha value is -0.770. The molecule has 0 spiro atoms. The van der Waals surface area contributed by atoms with Crippen molar-refractivity contribution in [2.24, 2.45) is 0 Å². The van der Waals surface area contributed by atoms with Gasteiger partial charge in [0.15, 0.2) is 0 Å². The largest absolute Gasteiger partial charge is 0.442 e. The third-order valence-electron chi connectivity index (χ3n) is 0.482. The second kappa shape index (κ2) is 2.68. The van der Waals surface area contributed by atoms with Crippen LogP contribution in [0.5, 0.6) is 0 Å². The lowest BCUT2D eigenvalue weighted by Gasteiger charge is -2.17. The summed E-state index contributed by atoms with van der Waals surface area (Å²) in [7, 11) is 0. The van der Waals surface area contributed by atoms with E-state index in [1.807, 2.05) is 0 Å². The van der Waals surface area contributed by atoms with E-state index in [4.69, 9.17) is 0 Å². The number of rotatable bonds is 0. The number of hydrogen-bond acceptors (Lipinski definition) is 2. The Morgan fingerprint density at radius 3 is 2.00 bits per heavy atom. The molecule has 0 rings (SSSR count). The van der Waals surface area contributed by atoms with Gasteiger partial charge in [-0.3, -0.25) is 0 Å². The summed E-state index contributed by atoms with van der Waals surface area (Å²) < 4.78 is 4.52. The molecule has 1 radical (unpaired) electrons. The molecule has 0 heterocycles. The standard InChI is InChI=1S/C5H10NO3/c1-5(2,3)9-4(7)6-8/h1-3H3,(H,6,7). The number of nitrogens with one attached hydrogen (secondary N) is 1. The Morgan fingerprint density at radius 2 is 1.89 bits per heavy atom. The van der Waals surface area contributed by atoms with Crippen molar-refractivity contribution in [1.82, 2.24) is 5.48 Å². The molecule has 0 fully saturated rings. The molecule has 0 saturated carbocycles. The number of hydroxylamine groups is 1. The van der Waals surface area contributed by atoms with E-state index in [-0.39, 0.29) is 0 Å². The average Bonchev–Trinajstić information content (AvgIpc) is 1.62. The van der Waals surface area contributed by atoms with Gasteiger partial charge in [-0.25, -0.2) is 4.79 Å². The molecule has 53 valence electrons. The van der Waals surface area contributed by atoms with E-state index >= 15 is 0 Å². The zero-order chi connectivity index (χ0) is 7.49. The summed E-state index contributed by atoms with van der Waals surface area (Å²) in [5, 5.41) is 9.58. The Kier molecular flexibility index (Phi) is 2.45. The molecule has 9 heavy (non-hydrogen) atoms. The average molecular weight is 132 g/mol. The van der Waals surface area contributed by atoms with Crippen molar-refractivity contribution >= 4 is 6.09 Å². The number of amides is 1. The van der Waals surface area contributed by atoms with Gasteiger partial charge in [0, 0.05) is 0 Å². The molecular formula is C5H10NO3. The monoisotopic (exact) mass is 132 g/mol. The molecule has 0 unspecified atom stereocenters. The zero-order valence-electron chi connectivity index (χ0n) is 5.72. The topological polar surface area (TPSA) is 58.2 Å². The van der Waals surface area contributed by atoms with Crippen LogP contribution in [0.2, 0.25) is 0 Å². The maximum atomic E-state index is 10.2. The highest BCUT2D eigenvalue weighted by atomic mass is 16.6. The van der Waals surface area contributed by atoms with Gasteiger partial charge < -0.3 is 4.74 Å². The molecule has 0 aromatic carbocycles. The first kappa shape index (κ1) is 8.23. The van der Waals surface area contributed by atoms with E-state index in [0.717, 1.165) is 5.48 Å². The lowest BCUT2D eigenvalue weighted by atomic mass is 10.2. The molecule has 0 aliphatic carbocycles. The summed E-state index contributed by atoms with van der Waals surface area (Å²) in [6.45, 7) is 5.05. The number of hydrogen-bond donors (Lipinski definition) is 1. The molecule has 4 heteroatoms. The van der Waals surface area contributed by atoms with Crippen LogP contribution >= 0.6 is 0 Å². The Morgan fingerprint density at radius 1 is 1.44 bits per heavy atom. The fraction of sp³-hybridized carbons (Fsp3) is 0.800. The highest BCUT2D eigenvalue weighted by Gasteiger charge is 2.15. The van der Waals surface area contributed by atoms with Gasteiger partial charge in [-0.05, 0) is 20.8 Å². The summed E-state index contributed by atoms with van der Waals surface area (Å²) >= 11 is 0. The molecule has 0 bridgehead atoms. The molecule has 0 saturated heterocycles. The van der Waals surface area contributed by atoms with Gasteiger partial charge in [-0.15, -0.1) is 0 Å². The van der Waals surface area contributed by atoms with Crippen LogP contribution in [0.4, 0.5) is 4.79 Å². The zero-order valence-corrected chi connectivity index (χ0v) is 5.72. The Bertz CT molecular complexity index is 105. The van der Waals surface area contributed by atoms with Crippen LogP contribution in [0.1, 0.15) is 20.8 Å². The van der Waals surface area contributed by atoms with Gasteiger partial charge in [0.1, 0.15) is 5.60 Å². The minimum absolute atomic E-state index is 0.589. The van der Waals surface area contributed by atoms with Gasteiger partial charge in [0.2, 0.25) is 0 Å². The molecule has 0 aliphatic rings. The van der Waals surface area contributed by atoms with Gasteiger partial charge >= 0.3 is 6.09 Å². The SMILES string of the molecule is CC(C)(C)OC(=O)N[O]. The summed E-state index contributed by atoms with van der Waals surface area (Å²) in [5.74, 6) is 0. The normalized spacial score (nSPS) is 10.7. The third kappa shape index (κ3) is 5.10. The maximum Gasteiger partial charge on any atom is 0.434 e. The van der Waals surface area contributed by atoms with Crippen LogP contribution in [0, 0.1) is 0 Å². The summed E-state index contributed by atoms with van der Waals surface area (Å²) in [5.41, 5.74) is 0.522. The van der Waals surface area contributed by atoms with Gasteiger partial charge in [0.25, 0.3) is 0 Å². The van der Waals surface area contributed by atoms with Crippen molar-refractivity contribution in [3.8, 4) is 0 Å². The first-order valence-corrected chi connectivity index (χ1v) is 2.57. The molecule has 0 aromatic rings. The van der Waals surface area contributed by atoms with Crippen molar-refractivity contribution in [1.29, 1.82) is 0 Å². The quantitative estimate of drug-likeness (QED) is 0.497. The Balaban J connectivity index is 3.60. The first-order chi connectivity index (χ1) is 3.95. The fourth-order valence-corrected chi connectivity index (χ4v) is 0.299. The summed E-state index contributed by atoms with van der Waals surface area (Å²) in [4.78, 5) is 10.2. The highest BCUT2D eigenvalue weighted by Crippen LogP contribution is 2.05. The van der Waals surface area contributed by atoms with E-state index in [2.05, 4.69) is 4.74 Å². The molecule has 4 nitrogen and oxygen atoms in total. The lowest BCUT2D eigenvalue weighted by molar-refractivity contribution is 0.00162. The predicted octanol–water partition coefficient (Wildman–Crippen LogP) is 0.857. The molecule has 0 aromatic heterocycles. The lowest BCUT2D eigenvalue weighted by Crippen LogP contribution is -2.29. The summed E-state index contributed by atoms with van der Waals surface area (Å²) in [6, 6.07) is 0. The molecule has 1 N–H and O–H groups in total. The number of carbonyl (C=O) groups excluding carboxylic acids is 1. The van der Waals surface area contributed by atoms with E-state index in [1.165, 1.54) is 0 Å². The molecule has 1 amide bonds. The third-order valence-corrected chi connectivity index (χ3v) is 0.482. The van der Waals surface area contributed by atoms with E-state index < -0.39 is 11.7 Å².